The lowest BCUT2D eigenvalue weighted by molar-refractivity contribution is 0.0523. The highest BCUT2D eigenvalue weighted by Gasteiger charge is 2.40. The van der Waals surface area contributed by atoms with Gasteiger partial charge in [-0.25, -0.2) is 4.79 Å². The lowest BCUT2D eigenvalue weighted by Crippen LogP contribution is -2.21. The van der Waals surface area contributed by atoms with Crippen LogP contribution in [-0.2, 0) is 4.74 Å². The van der Waals surface area contributed by atoms with Crippen LogP contribution in [0.15, 0.2) is 77.9 Å². The van der Waals surface area contributed by atoms with Gasteiger partial charge in [0.25, 0.3) is 0 Å². The number of carbonyl (C=O) groups excluding carboxylic acids is 1. The predicted molar refractivity (Wildman–Crippen MR) is 106 cm³/mol. The van der Waals surface area contributed by atoms with E-state index in [9.17, 15) is 9.59 Å². The maximum absolute atomic E-state index is 12.8. The second kappa shape index (κ2) is 7.72. The van der Waals surface area contributed by atoms with Crippen LogP contribution >= 0.6 is 0 Å². The fourth-order valence-electron chi connectivity index (χ4n) is 3.38. The van der Waals surface area contributed by atoms with Gasteiger partial charge in [-0.15, -0.1) is 0 Å². The van der Waals surface area contributed by atoms with Gasteiger partial charge in [-0.05, 0) is 31.0 Å². The molecule has 0 bridgehead atoms. The Bertz CT molecular complexity index is 1030. The maximum Gasteiger partial charge on any atom is 0.343 e. The van der Waals surface area contributed by atoms with Crippen molar-refractivity contribution in [2.45, 2.75) is 25.3 Å². The van der Waals surface area contributed by atoms with E-state index in [2.05, 4.69) is 12.1 Å². The maximum atomic E-state index is 12.8. The molecule has 5 nitrogen and oxygen atoms in total. The molecule has 1 aliphatic carbocycles. The zero-order chi connectivity index (χ0) is 19.5. The highest BCUT2D eigenvalue weighted by Crippen LogP contribution is 2.51. The molecule has 4 rings (SSSR count). The summed E-state index contributed by atoms with van der Waals surface area (Å²) < 4.78 is 12.8. The van der Waals surface area contributed by atoms with Gasteiger partial charge in [0, 0.05) is 18.2 Å². The highest BCUT2D eigenvalue weighted by molar-refractivity contribution is 5.89. The molecule has 1 saturated carbocycles. The first-order valence-corrected chi connectivity index (χ1v) is 9.38. The van der Waals surface area contributed by atoms with Crippen LogP contribution in [0.25, 0.3) is 0 Å². The molecule has 0 amide bonds. The quantitative estimate of drug-likeness (QED) is 0.593. The summed E-state index contributed by atoms with van der Waals surface area (Å²) in [5, 5.41) is 0. The summed E-state index contributed by atoms with van der Waals surface area (Å²) in [7, 11) is 0. The molecule has 1 fully saturated rings. The number of para-hydroxylation sites is 1. The van der Waals surface area contributed by atoms with Crippen LogP contribution in [0.4, 0.5) is 0 Å². The number of carbonyl (C=O) groups is 1. The Hall–Kier alpha value is -3.34. The number of hydrogen-bond donors (Lipinski definition) is 0. The van der Waals surface area contributed by atoms with Crippen molar-refractivity contribution in [2.24, 2.45) is 0 Å². The van der Waals surface area contributed by atoms with Crippen LogP contribution in [-0.4, -0.2) is 17.1 Å². The molecular formula is C23H21NO4. The minimum atomic E-state index is -0.628. The van der Waals surface area contributed by atoms with Gasteiger partial charge in [-0.2, -0.15) is 0 Å². The topological polar surface area (TPSA) is 57.5 Å². The molecular weight excluding hydrogens is 354 g/mol. The average Bonchev–Trinajstić information content (AvgIpc) is 3.52. The van der Waals surface area contributed by atoms with Crippen molar-refractivity contribution >= 4 is 5.97 Å². The largest absolute Gasteiger partial charge is 0.462 e. The van der Waals surface area contributed by atoms with Crippen molar-refractivity contribution in [3.63, 3.8) is 0 Å². The standard InChI is InChI=1S/C23H21NO4/c1-2-27-23(26)19-14-24(20-13-18(20)16-9-5-3-6-10-16)15-21(22(19)25)28-17-11-7-4-8-12-17/h3-12,14-15,18,20H,2,13H2,1H3/t18-,20+/m0/s1. The Morgan fingerprint density at radius 3 is 2.39 bits per heavy atom. The van der Waals surface area contributed by atoms with Gasteiger partial charge in [-0.1, -0.05) is 48.5 Å². The normalized spacial score (nSPS) is 17.8. The number of nitrogens with zero attached hydrogens (tertiary/aromatic N) is 1. The molecule has 28 heavy (non-hydrogen) atoms. The zero-order valence-corrected chi connectivity index (χ0v) is 15.6. The van der Waals surface area contributed by atoms with Crippen LogP contribution in [0, 0.1) is 0 Å². The summed E-state index contributed by atoms with van der Waals surface area (Å²) in [4.78, 5) is 25.1. The van der Waals surface area contributed by atoms with Crippen LogP contribution in [0.5, 0.6) is 11.5 Å². The van der Waals surface area contributed by atoms with E-state index in [0.717, 1.165) is 6.42 Å². The molecule has 3 aromatic rings. The molecule has 142 valence electrons. The first kappa shape index (κ1) is 18.0. The van der Waals surface area contributed by atoms with E-state index in [-0.39, 0.29) is 24.0 Å². The summed E-state index contributed by atoms with van der Waals surface area (Å²) in [6.45, 7) is 1.92. The summed E-state index contributed by atoms with van der Waals surface area (Å²) in [6, 6.07) is 19.5. The summed E-state index contributed by atoms with van der Waals surface area (Å²) >= 11 is 0. The average molecular weight is 375 g/mol. The van der Waals surface area contributed by atoms with Crippen LogP contribution in [0.2, 0.25) is 0 Å². The van der Waals surface area contributed by atoms with Crippen LogP contribution in [0.3, 0.4) is 0 Å². The molecule has 0 radical (unpaired) electrons. The number of ether oxygens (including phenoxy) is 2. The Kier molecular flexibility index (Phi) is 4.98. The van der Waals surface area contributed by atoms with Crippen LogP contribution < -0.4 is 10.2 Å². The monoisotopic (exact) mass is 375 g/mol. The first-order valence-electron chi connectivity index (χ1n) is 9.38. The van der Waals surface area contributed by atoms with Gasteiger partial charge in [0.2, 0.25) is 5.43 Å². The molecule has 1 aromatic heterocycles. The number of rotatable bonds is 6. The zero-order valence-electron chi connectivity index (χ0n) is 15.6. The van der Waals surface area contributed by atoms with E-state index >= 15 is 0 Å². The number of aromatic nitrogens is 1. The third kappa shape index (κ3) is 3.69. The minimum absolute atomic E-state index is 0.00556. The number of pyridine rings is 1. The first-order chi connectivity index (χ1) is 13.7. The number of benzene rings is 2. The molecule has 0 N–H and O–H groups in total. The Morgan fingerprint density at radius 1 is 1.04 bits per heavy atom. The number of esters is 1. The fourth-order valence-corrected chi connectivity index (χ4v) is 3.38. The lowest BCUT2D eigenvalue weighted by Gasteiger charge is -2.13. The van der Waals surface area contributed by atoms with E-state index < -0.39 is 11.4 Å². The van der Waals surface area contributed by atoms with Gasteiger partial charge in [0.05, 0.1) is 12.8 Å². The second-order valence-corrected chi connectivity index (χ2v) is 6.77. The van der Waals surface area contributed by atoms with Gasteiger partial charge in [-0.3, -0.25) is 4.79 Å². The molecule has 0 aliphatic heterocycles. The van der Waals surface area contributed by atoms with Gasteiger partial charge in [0.15, 0.2) is 5.75 Å². The second-order valence-electron chi connectivity index (χ2n) is 6.77. The van der Waals surface area contributed by atoms with Gasteiger partial charge < -0.3 is 14.0 Å². The van der Waals surface area contributed by atoms with Crippen molar-refractivity contribution in [3.8, 4) is 11.5 Å². The molecule has 0 unspecified atom stereocenters. The van der Waals surface area contributed by atoms with Crippen molar-refractivity contribution in [3.05, 3.63) is 94.4 Å². The Morgan fingerprint density at radius 2 is 1.71 bits per heavy atom. The van der Waals surface area contributed by atoms with Crippen molar-refractivity contribution in [1.29, 1.82) is 0 Å². The SMILES string of the molecule is CCOC(=O)c1cn([C@@H]2C[C@H]2c2ccccc2)cc(Oc2ccccc2)c1=O. The van der Waals surface area contributed by atoms with Crippen molar-refractivity contribution < 1.29 is 14.3 Å². The highest BCUT2D eigenvalue weighted by atomic mass is 16.5. The molecule has 0 saturated heterocycles. The molecule has 0 spiro atoms. The summed E-state index contributed by atoms with van der Waals surface area (Å²) in [5.41, 5.74) is 0.777. The smallest absolute Gasteiger partial charge is 0.343 e. The Balaban J connectivity index is 1.70. The third-order valence-corrected chi connectivity index (χ3v) is 4.85. The van der Waals surface area contributed by atoms with E-state index in [1.54, 1.807) is 31.5 Å². The predicted octanol–water partition coefficient (Wildman–Crippen LogP) is 4.55. The van der Waals surface area contributed by atoms with E-state index in [4.69, 9.17) is 9.47 Å². The minimum Gasteiger partial charge on any atom is -0.462 e. The van der Waals surface area contributed by atoms with E-state index in [1.165, 1.54) is 5.56 Å². The van der Waals surface area contributed by atoms with Crippen LogP contribution in [0.1, 0.15) is 41.2 Å². The molecule has 2 aromatic carbocycles. The van der Waals surface area contributed by atoms with Crippen molar-refractivity contribution in [2.75, 3.05) is 6.61 Å². The molecule has 1 heterocycles. The van der Waals surface area contributed by atoms with Crippen molar-refractivity contribution in [1.82, 2.24) is 4.57 Å². The number of hydrogen-bond acceptors (Lipinski definition) is 4. The van der Waals surface area contributed by atoms with Gasteiger partial charge in [0.1, 0.15) is 11.3 Å². The Labute approximate surface area is 163 Å². The van der Waals surface area contributed by atoms with E-state index in [1.807, 2.05) is 41.0 Å². The molecule has 2 atom stereocenters. The molecule has 1 aliphatic rings. The van der Waals surface area contributed by atoms with Gasteiger partial charge >= 0.3 is 5.97 Å². The summed E-state index contributed by atoms with van der Waals surface area (Å²) in [6.07, 6.45) is 4.22. The third-order valence-electron chi connectivity index (χ3n) is 4.85. The lowest BCUT2D eigenvalue weighted by atomic mass is 10.1. The molecule has 5 heteroatoms. The fraction of sp³-hybridized carbons (Fsp3) is 0.217. The van der Waals surface area contributed by atoms with E-state index in [0.29, 0.717) is 11.7 Å². The summed E-state index contributed by atoms with van der Waals surface area (Å²) in [5.74, 6) is 0.387.